The normalized spacial score (nSPS) is 14.6. The fraction of sp³-hybridized carbons (Fsp3) is 0.429. The van der Waals surface area contributed by atoms with E-state index in [0.717, 1.165) is 11.1 Å². The molecule has 58 heavy (non-hydrogen) atoms. The minimum absolute atomic E-state index is 0.0570. The molecular weight excluding hydrogens is 757 g/mol. The van der Waals surface area contributed by atoms with Gasteiger partial charge in [0.05, 0.1) is 12.1 Å². The van der Waals surface area contributed by atoms with E-state index in [1.54, 1.807) is 23.1 Å². The van der Waals surface area contributed by atoms with Crippen molar-refractivity contribution in [2.75, 3.05) is 24.5 Å². The Labute approximate surface area is 336 Å². The number of amides is 5. The number of carbonyl (C=O) groups is 6. The van der Waals surface area contributed by atoms with Crippen LogP contribution in [0.5, 0.6) is 0 Å². The molecule has 1 fully saturated rings. The number of aliphatic carboxylic acids is 1. The summed E-state index contributed by atoms with van der Waals surface area (Å²) in [4.78, 5) is 76.8. The van der Waals surface area contributed by atoms with Crippen molar-refractivity contribution in [3.8, 4) is 0 Å². The Morgan fingerprint density at radius 1 is 0.810 bits per heavy atom. The predicted octanol–water partition coefficient (Wildman–Crippen LogP) is 4.92. The van der Waals surface area contributed by atoms with Crippen LogP contribution >= 0.6 is 0 Å². The predicted molar refractivity (Wildman–Crippen MR) is 213 cm³/mol. The number of carboxylic acid groups (broad SMARTS) is 1. The zero-order valence-corrected chi connectivity index (χ0v) is 33.3. The van der Waals surface area contributed by atoms with Crippen LogP contribution in [-0.4, -0.2) is 84.5 Å². The molecule has 1 heterocycles. The van der Waals surface area contributed by atoms with Crippen molar-refractivity contribution in [3.05, 3.63) is 101 Å². The molecule has 3 aromatic rings. The van der Waals surface area contributed by atoms with Crippen molar-refractivity contribution in [1.29, 1.82) is 0 Å². The molecule has 16 heteroatoms. The van der Waals surface area contributed by atoms with E-state index >= 15 is 0 Å². The Morgan fingerprint density at radius 2 is 1.38 bits per heavy atom. The van der Waals surface area contributed by atoms with Gasteiger partial charge in [0.15, 0.2) is 0 Å². The number of alkyl halides is 3. The smallest absolute Gasteiger partial charge is 0.475 e. The van der Waals surface area contributed by atoms with Crippen molar-refractivity contribution in [2.24, 2.45) is 5.92 Å². The Hall–Kier alpha value is -5.77. The number of nitrogens with zero attached hydrogens (tertiary/aromatic N) is 1. The van der Waals surface area contributed by atoms with Crippen LogP contribution in [0.25, 0.3) is 0 Å². The highest BCUT2D eigenvalue weighted by Gasteiger charge is 2.38. The van der Waals surface area contributed by atoms with Gasteiger partial charge in [-0.2, -0.15) is 13.2 Å². The van der Waals surface area contributed by atoms with Gasteiger partial charge in [-0.25, -0.2) is 4.79 Å². The molecule has 3 aromatic carbocycles. The number of anilines is 1. The van der Waals surface area contributed by atoms with Gasteiger partial charge in [0, 0.05) is 48.9 Å². The Kier molecular flexibility index (Phi) is 17.9. The summed E-state index contributed by atoms with van der Waals surface area (Å²) in [5.41, 5.74) is 2.94. The highest BCUT2D eigenvalue weighted by atomic mass is 19.4. The second-order valence-electron chi connectivity index (χ2n) is 14.2. The Morgan fingerprint density at radius 3 is 1.88 bits per heavy atom. The number of nitrogens with one attached hydrogen (secondary N) is 5. The lowest BCUT2D eigenvalue weighted by molar-refractivity contribution is -0.192. The quantitative estimate of drug-likeness (QED) is 0.111. The lowest BCUT2D eigenvalue weighted by atomic mass is 10.0. The zero-order chi connectivity index (χ0) is 43.0. The summed E-state index contributed by atoms with van der Waals surface area (Å²) < 4.78 is 31.7. The fourth-order valence-electron chi connectivity index (χ4n) is 6.18. The van der Waals surface area contributed by atoms with Crippen molar-refractivity contribution >= 4 is 41.2 Å². The molecule has 4 atom stereocenters. The van der Waals surface area contributed by atoms with Crippen molar-refractivity contribution in [2.45, 2.75) is 90.6 Å². The molecule has 4 rings (SSSR count). The van der Waals surface area contributed by atoms with Crippen molar-refractivity contribution in [3.63, 3.8) is 0 Å². The summed E-state index contributed by atoms with van der Waals surface area (Å²) in [5, 5.41) is 22.3. The molecule has 0 aromatic heterocycles. The van der Waals surface area contributed by atoms with Gasteiger partial charge in [0.2, 0.25) is 17.7 Å². The molecule has 314 valence electrons. The van der Waals surface area contributed by atoms with Crippen molar-refractivity contribution < 1.29 is 47.0 Å². The minimum atomic E-state index is -5.08. The van der Waals surface area contributed by atoms with E-state index in [1.807, 2.05) is 95.3 Å². The maximum atomic E-state index is 14.0. The molecule has 6 N–H and O–H groups in total. The summed E-state index contributed by atoms with van der Waals surface area (Å²) in [6, 6.07) is 22.2. The lowest BCUT2D eigenvalue weighted by Gasteiger charge is -2.26. The highest BCUT2D eigenvalue weighted by Crippen LogP contribution is 2.25. The summed E-state index contributed by atoms with van der Waals surface area (Å²) >= 11 is 0. The minimum Gasteiger partial charge on any atom is -0.475 e. The van der Waals surface area contributed by atoms with Gasteiger partial charge < -0.3 is 36.6 Å². The van der Waals surface area contributed by atoms with Crippen LogP contribution < -0.4 is 31.5 Å². The van der Waals surface area contributed by atoms with Crippen LogP contribution in [0.15, 0.2) is 78.9 Å². The van der Waals surface area contributed by atoms with E-state index in [9.17, 15) is 37.1 Å². The number of likely N-dealkylation sites (N-methyl/N-ethyl adjacent to an activating group) is 1. The van der Waals surface area contributed by atoms with Gasteiger partial charge in [0.1, 0.15) is 6.04 Å². The molecule has 0 aliphatic carbocycles. The second-order valence-corrected chi connectivity index (χ2v) is 14.2. The largest absolute Gasteiger partial charge is 0.490 e. The van der Waals surface area contributed by atoms with E-state index in [1.165, 1.54) is 0 Å². The van der Waals surface area contributed by atoms with Crippen LogP contribution in [0.4, 0.5) is 18.9 Å². The molecule has 0 unspecified atom stereocenters. The third-order valence-corrected chi connectivity index (χ3v) is 9.31. The number of hydrogen-bond donors (Lipinski definition) is 6. The van der Waals surface area contributed by atoms with Crippen LogP contribution in [0, 0.1) is 5.92 Å². The summed E-state index contributed by atoms with van der Waals surface area (Å²) in [6.45, 7) is 10.6. The van der Waals surface area contributed by atoms with E-state index in [0.29, 0.717) is 44.5 Å². The number of hydrogen-bond acceptors (Lipinski definition) is 7. The molecule has 5 amide bonds. The monoisotopic (exact) mass is 810 g/mol. The first kappa shape index (κ1) is 46.6. The number of carbonyl (C=O) groups excluding carboxylic acids is 5. The van der Waals surface area contributed by atoms with Gasteiger partial charge in [-0.05, 0) is 68.4 Å². The van der Waals surface area contributed by atoms with Gasteiger partial charge in [0.25, 0.3) is 11.8 Å². The zero-order valence-electron chi connectivity index (χ0n) is 33.3. The molecular formula is C42H53F3N6O7. The van der Waals surface area contributed by atoms with Crippen LogP contribution in [-0.2, 0) is 25.6 Å². The molecule has 0 radical (unpaired) electrons. The van der Waals surface area contributed by atoms with Gasteiger partial charge in [-0.3, -0.25) is 24.0 Å². The van der Waals surface area contributed by atoms with E-state index < -0.39 is 36.2 Å². The lowest BCUT2D eigenvalue weighted by Crippen LogP contribution is -2.56. The number of rotatable bonds is 17. The van der Waals surface area contributed by atoms with E-state index in [-0.39, 0.29) is 53.3 Å². The fourth-order valence-corrected chi connectivity index (χ4v) is 6.18. The third kappa shape index (κ3) is 14.3. The van der Waals surface area contributed by atoms with Gasteiger partial charge in [-0.1, -0.05) is 81.4 Å². The number of halogens is 3. The third-order valence-electron chi connectivity index (χ3n) is 9.31. The number of benzene rings is 3. The summed E-state index contributed by atoms with van der Waals surface area (Å²) in [5.74, 6) is -4.22. The standard InChI is InChI=1S/C40H52N6O5.C2HF3O2/c1-6-34(39(50)45-36(26(3)4)40(51)41-7-2)42-25-32(21-28-15-10-8-11-16-28)44-38(49)31-22-30(23-33(24-31)46-20-14-19-35(46)47)37(48)43-27(5)29-17-12-9-13-18-29;3-2(4,5)1(6)7/h8-13,15-18,22-24,26-27,32,34,36,42H,6-7,14,19-21,25H2,1-5H3,(H,41,51)(H,43,48)(H,44,49)(H,45,50);(H,6,7)/t27-,32+,34+,36+;/m1./s1. The first-order valence-electron chi connectivity index (χ1n) is 19.2. The highest BCUT2D eigenvalue weighted by molar-refractivity contribution is 6.04. The SMILES string of the molecule is CCNC(=O)[C@@H](NC(=O)[C@H](CC)NC[C@H](Cc1ccccc1)NC(=O)c1cc(C(=O)N[C@H](C)c2ccccc2)cc(N2CCCC2=O)c1)C(C)C.O=C(O)C(F)(F)F. The van der Waals surface area contributed by atoms with E-state index in [4.69, 9.17) is 9.90 Å². The first-order valence-corrected chi connectivity index (χ1v) is 19.2. The second kappa shape index (κ2) is 22.2. The van der Waals surface area contributed by atoms with Crippen LogP contribution in [0.1, 0.15) is 91.8 Å². The molecule has 1 aliphatic rings. The molecule has 1 saturated heterocycles. The molecule has 0 bridgehead atoms. The average molecular weight is 811 g/mol. The number of carboxylic acids is 1. The van der Waals surface area contributed by atoms with Gasteiger partial charge in [-0.15, -0.1) is 0 Å². The Bertz CT molecular complexity index is 1860. The maximum Gasteiger partial charge on any atom is 0.490 e. The topological polar surface area (TPSA) is 186 Å². The molecule has 0 saturated carbocycles. The Balaban J connectivity index is 0.00000117. The molecule has 1 aliphatic heterocycles. The molecule has 0 spiro atoms. The first-order chi connectivity index (χ1) is 27.4. The maximum absolute atomic E-state index is 14.0. The van der Waals surface area contributed by atoms with Gasteiger partial charge >= 0.3 is 12.1 Å². The van der Waals surface area contributed by atoms with Crippen molar-refractivity contribution in [1.82, 2.24) is 26.6 Å². The van der Waals surface area contributed by atoms with Crippen LogP contribution in [0.3, 0.4) is 0 Å². The molecule has 13 nitrogen and oxygen atoms in total. The summed E-state index contributed by atoms with van der Waals surface area (Å²) in [7, 11) is 0. The van der Waals surface area contributed by atoms with Crippen LogP contribution in [0.2, 0.25) is 0 Å². The van der Waals surface area contributed by atoms with E-state index in [2.05, 4.69) is 26.6 Å². The average Bonchev–Trinajstić information content (AvgIpc) is 3.63. The summed E-state index contributed by atoms with van der Waals surface area (Å²) in [6.07, 6.45) is -3.05.